The minimum absolute atomic E-state index is 0.0222. The second kappa shape index (κ2) is 8.84. The predicted molar refractivity (Wildman–Crippen MR) is 113 cm³/mol. The van der Waals surface area contributed by atoms with Crippen LogP contribution in [-0.4, -0.2) is 57.2 Å². The molecule has 0 amide bonds. The van der Waals surface area contributed by atoms with Gasteiger partial charge >= 0.3 is 0 Å². The highest BCUT2D eigenvalue weighted by molar-refractivity contribution is 7.91. The van der Waals surface area contributed by atoms with Crippen LogP contribution in [-0.2, 0) is 16.5 Å². The summed E-state index contributed by atoms with van der Waals surface area (Å²) in [6.07, 6.45) is 2.73. The zero-order chi connectivity index (χ0) is 20.3. The molecule has 2 heterocycles. The third-order valence-corrected chi connectivity index (χ3v) is 7.42. The van der Waals surface area contributed by atoms with Crippen molar-refractivity contribution in [2.24, 2.45) is 0 Å². The quantitative estimate of drug-likeness (QED) is 0.607. The maximum atomic E-state index is 11.9. The lowest BCUT2D eigenvalue weighted by molar-refractivity contribution is 0.151. The number of nitrogens with zero attached hydrogens (tertiary/aromatic N) is 5. The van der Waals surface area contributed by atoms with Crippen molar-refractivity contribution in [1.29, 1.82) is 0 Å². The minimum atomic E-state index is -2.94. The molecule has 1 aromatic carbocycles. The summed E-state index contributed by atoms with van der Waals surface area (Å²) >= 11 is 5.60. The third kappa shape index (κ3) is 4.87. The van der Waals surface area contributed by atoms with Crippen LogP contribution in [0.1, 0.15) is 51.5 Å². The maximum Gasteiger partial charge on any atom is 0.221 e. The Hall–Kier alpha value is -1.58. The molecule has 3 rings (SSSR count). The molecule has 1 aliphatic heterocycles. The van der Waals surface area contributed by atoms with Gasteiger partial charge in [0.15, 0.2) is 9.84 Å². The van der Waals surface area contributed by atoms with E-state index in [-0.39, 0.29) is 17.5 Å². The Kier molecular flexibility index (Phi) is 6.67. The summed E-state index contributed by atoms with van der Waals surface area (Å²) in [5.74, 6) is 0.947. The summed E-state index contributed by atoms with van der Waals surface area (Å²) in [4.78, 5) is 2.19. The van der Waals surface area contributed by atoms with Crippen LogP contribution >= 0.6 is 12.2 Å². The third-order valence-electron chi connectivity index (χ3n) is 5.28. The molecule has 0 aliphatic carbocycles. The van der Waals surface area contributed by atoms with Crippen LogP contribution < -0.4 is 0 Å². The molecule has 28 heavy (non-hydrogen) atoms. The highest BCUT2D eigenvalue weighted by atomic mass is 32.2. The molecule has 7 nitrogen and oxygen atoms in total. The fraction of sp³-hybridized carbons (Fsp3) is 0.632. The van der Waals surface area contributed by atoms with Crippen molar-refractivity contribution in [3.8, 4) is 5.69 Å². The first-order chi connectivity index (χ1) is 13.3. The Bertz CT molecular complexity index is 947. The standard InChI is InChI=1S/C19H29N5O2S2/c1-4-5-11-22(18-10-12-28(25,26)13-18)14-23-19(27)24(21-20-23)17-8-6-16(7-9-17)15(2)3/h6-9,15,18H,4-5,10-14H2,1-3H3/t18-/m0/s1. The number of tetrazole rings is 1. The second-order valence-electron chi connectivity index (χ2n) is 7.78. The summed E-state index contributed by atoms with van der Waals surface area (Å²) in [5.41, 5.74) is 2.14. The lowest BCUT2D eigenvalue weighted by atomic mass is 10.0. The Morgan fingerprint density at radius 3 is 2.54 bits per heavy atom. The van der Waals surface area contributed by atoms with Gasteiger partial charge in [0.05, 0.1) is 23.9 Å². The Morgan fingerprint density at radius 1 is 1.25 bits per heavy atom. The van der Waals surface area contributed by atoms with Gasteiger partial charge in [0.1, 0.15) is 0 Å². The maximum absolute atomic E-state index is 11.9. The Labute approximate surface area is 172 Å². The number of benzene rings is 1. The fourth-order valence-electron chi connectivity index (χ4n) is 3.49. The highest BCUT2D eigenvalue weighted by Crippen LogP contribution is 2.20. The van der Waals surface area contributed by atoms with E-state index >= 15 is 0 Å². The summed E-state index contributed by atoms with van der Waals surface area (Å²) in [5, 5.41) is 8.47. The molecule has 154 valence electrons. The summed E-state index contributed by atoms with van der Waals surface area (Å²) in [6, 6.07) is 8.19. The molecule has 9 heteroatoms. The van der Waals surface area contributed by atoms with Crippen LogP contribution in [0.3, 0.4) is 0 Å². The number of aromatic nitrogens is 4. The van der Waals surface area contributed by atoms with Crippen molar-refractivity contribution in [3.05, 3.63) is 34.6 Å². The van der Waals surface area contributed by atoms with Crippen LogP contribution in [0.25, 0.3) is 5.69 Å². The van der Waals surface area contributed by atoms with Crippen LogP contribution in [0.2, 0.25) is 0 Å². The van der Waals surface area contributed by atoms with Crippen LogP contribution in [0, 0.1) is 4.77 Å². The molecule has 2 aromatic rings. The van der Waals surface area contributed by atoms with Crippen molar-refractivity contribution < 1.29 is 8.42 Å². The van der Waals surface area contributed by atoms with E-state index in [1.54, 1.807) is 9.36 Å². The average Bonchev–Trinajstić information content (AvgIpc) is 3.21. The molecular formula is C19H29N5O2S2. The minimum Gasteiger partial charge on any atom is -0.280 e. The van der Waals surface area contributed by atoms with E-state index in [0.29, 0.717) is 23.8 Å². The smallest absolute Gasteiger partial charge is 0.221 e. The van der Waals surface area contributed by atoms with Crippen molar-refractivity contribution in [3.63, 3.8) is 0 Å². The van der Waals surface area contributed by atoms with Gasteiger partial charge < -0.3 is 0 Å². The molecule has 1 aromatic heterocycles. The first kappa shape index (κ1) is 21.1. The number of hydrogen-bond donors (Lipinski definition) is 0. The van der Waals surface area contributed by atoms with E-state index in [4.69, 9.17) is 12.2 Å². The SMILES string of the molecule is CCCCN(Cn1nnn(-c2ccc(C(C)C)cc2)c1=S)[C@H]1CCS(=O)(=O)C1. The van der Waals surface area contributed by atoms with Crippen molar-refractivity contribution in [1.82, 2.24) is 24.7 Å². The summed E-state index contributed by atoms with van der Waals surface area (Å²) in [6.45, 7) is 7.74. The number of unbranched alkanes of at least 4 members (excludes halogenated alkanes) is 1. The highest BCUT2D eigenvalue weighted by Gasteiger charge is 2.32. The molecule has 1 atom stereocenters. The molecule has 0 unspecified atom stereocenters. The zero-order valence-electron chi connectivity index (χ0n) is 16.8. The van der Waals surface area contributed by atoms with Crippen molar-refractivity contribution >= 4 is 22.1 Å². The van der Waals surface area contributed by atoms with Gasteiger partial charge in [0.25, 0.3) is 0 Å². The first-order valence-electron chi connectivity index (χ1n) is 9.88. The van der Waals surface area contributed by atoms with Gasteiger partial charge in [0.2, 0.25) is 4.77 Å². The van der Waals surface area contributed by atoms with Crippen LogP contribution in [0.15, 0.2) is 24.3 Å². The fourth-order valence-corrected chi connectivity index (χ4v) is 5.49. The first-order valence-corrected chi connectivity index (χ1v) is 12.1. The van der Waals surface area contributed by atoms with E-state index in [0.717, 1.165) is 25.1 Å². The Balaban J connectivity index is 1.80. The topological polar surface area (TPSA) is 73.0 Å². The molecule has 0 spiro atoms. The second-order valence-corrected chi connectivity index (χ2v) is 10.4. The van der Waals surface area contributed by atoms with Crippen molar-refractivity contribution in [2.45, 2.75) is 58.7 Å². The van der Waals surface area contributed by atoms with Gasteiger partial charge in [-0.15, -0.1) is 0 Å². The monoisotopic (exact) mass is 423 g/mol. The van der Waals surface area contributed by atoms with Gasteiger partial charge in [-0.25, -0.2) is 13.1 Å². The van der Waals surface area contributed by atoms with E-state index in [9.17, 15) is 8.42 Å². The normalized spacial score (nSPS) is 19.0. The van der Waals surface area contributed by atoms with Crippen LogP contribution in [0.5, 0.6) is 0 Å². The van der Waals surface area contributed by atoms with Gasteiger partial charge in [-0.3, -0.25) is 4.90 Å². The Morgan fingerprint density at radius 2 is 1.96 bits per heavy atom. The molecule has 0 radical (unpaired) electrons. The molecular weight excluding hydrogens is 394 g/mol. The number of hydrogen-bond acceptors (Lipinski definition) is 6. The molecule has 1 fully saturated rings. The van der Waals surface area contributed by atoms with E-state index in [1.165, 1.54) is 5.56 Å². The lowest BCUT2D eigenvalue weighted by Gasteiger charge is -2.27. The largest absolute Gasteiger partial charge is 0.280 e. The molecule has 1 saturated heterocycles. The molecule has 0 bridgehead atoms. The van der Waals surface area contributed by atoms with E-state index in [1.807, 2.05) is 12.1 Å². The molecule has 0 N–H and O–H groups in total. The lowest BCUT2D eigenvalue weighted by Crippen LogP contribution is -2.38. The zero-order valence-corrected chi connectivity index (χ0v) is 18.4. The summed E-state index contributed by atoms with van der Waals surface area (Å²) < 4.78 is 27.7. The molecule has 1 aliphatic rings. The van der Waals surface area contributed by atoms with Gasteiger partial charge in [-0.2, -0.15) is 4.68 Å². The predicted octanol–water partition coefficient (Wildman–Crippen LogP) is 3.17. The summed E-state index contributed by atoms with van der Waals surface area (Å²) in [7, 11) is -2.94. The van der Waals surface area contributed by atoms with Gasteiger partial charge in [0, 0.05) is 12.6 Å². The number of sulfone groups is 1. The van der Waals surface area contributed by atoms with Gasteiger partial charge in [-0.1, -0.05) is 39.3 Å². The van der Waals surface area contributed by atoms with E-state index in [2.05, 4.69) is 48.2 Å². The molecule has 0 saturated carbocycles. The van der Waals surface area contributed by atoms with Gasteiger partial charge in [-0.05, 0) is 59.1 Å². The van der Waals surface area contributed by atoms with Crippen LogP contribution in [0.4, 0.5) is 0 Å². The van der Waals surface area contributed by atoms with Crippen molar-refractivity contribution in [2.75, 3.05) is 18.1 Å². The van der Waals surface area contributed by atoms with E-state index < -0.39 is 9.84 Å². The average molecular weight is 424 g/mol. The number of rotatable bonds is 8.